The minimum atomic E-state index is -2.75. The van der Waals surface area contributed by atoms with E-state index in [2.05, 4.69) is 26.2 Å². The van der Waals surface area contributed by atoms with Crippen molar-refractivity contribution in [2.45, 2.75) is 54.5 Å². The summed E-state index contributed by atoms with van der Waals surface area (Å²) in [6, 6.07) is 7.99. The number of aliphatic carboxylic acids is 2. The quantitative estimate of drug-likeness (QED) is 0.101. The summed E-state index contributed by atoms with van der Waals surface area (Å²) in [6.07, 6.45) is 2.72. The van der Waals surface area contributed by atoms with Crippen LogP contribution in [0.5, 0.6) is 0 Å². The van der Waals surface area contributed by atoms with Gasteiger partial charge in [-0.05, 0) is 30.0 Å². The number of aliphatic hydroxyl groups is 3. The fourth-order valence-corrected chi connectivity index (χ4v) is 4.77. The highest BCUT2D eigenvalue weighted by Crippen LogP contribution is 2.40. The summed E-state index contributed by atoms with van der Waals surface area (Å²) in [5.74, 6) is -1.28. The van der Waals surface area contributed by atoms with Gasteiger partial charge in [0.1, 0.15) is 12.2 Å². The predicted octanol–water partition coefficient (Wildman–Crippen LogP) is 0.206. The van der Waals surface area contributed by atoms with E-state index in [1.54, 1.807) is 30.3 Å². The summed E-state index contributed by atoms with van der Waals surface area (Å²) in [5, 5.41) is 55.0. The van der Waals surface area contributed by atoms with Crippen molar-refractivity contribution in [1.82, 2.24) is 19.5 Å². The first-order valence-electron chi connectivity index (χ1n) is 12.5. The Labute approximate surface area is 237 Å². The number of halogens is 1. The lowest BCUT2D eigenvalue weighted by molar-refractivity contribution is -0.191. The monoisotopic (exact) mass is 587 g/mol. The summed E-state index contributed by atoms with van der Waals surface area (Å²) in [6.45, 7) is -0.619. The van der Waals surface area contributed by atoms with E-state index in [-0.39, 0.29) is 28.8 Å². The van der Waals surface area contributed by atoms with Gasteiger partial charge in [0.05, 0.1) is 18.5 Å². The van der Waals surface area contributed by atoms with Crippen molar-refractivity contribution in [2.24, 2.45) is 0 Å². The maximum absolute atomic E-state index is 12.2. The van der Waals surface area contributed by atoms with Crippen LogP contribution in [0.15, 0.2) is 36.7 Å². The van der Waals surface area contributed by atoms with Crippen LogP contribution in [0.1, 0.15) is 24.6 Å². The molecule has 0 amide bonds. The van der Waals surface area contributed by atoms with Crippen molar-refractivity contribution in [2.75, 3.05) is 18.5 Å². The number of anilines is 1. The number of nitrogens with zero attached hydrogens (tertiary/aromatic N) is 4. The van der Waals surface area contributed by atoms with Gasteiger partial charge in [-0.3, -0.25) is 4.57 Å². The van der Waals surface area contributed by atoms with Gasteiger partial charge in [-0.15, -0.1) is 6.42 Å². The smallest absolute Gasteiger partial charge is 0.348 e. The second-order valence-corrected chi connectivity index (χ2v) is 10.4. The molecule has 2 aliphatic rings. The van der Waals surface area contributed by atoms with Crippen molar-refractivity contribution >= 4 is 40.5 Å². The third kappa shape index (κ3) is 5.19. The zero-order chi connectivity index (χ0) is 29.6. The van der Waals surface area contributed by atoms with Crippen LogP contribution in [0.2, 0.25) is 5.28 Å². The molecule has 14 nitrogen and oxygen atoms in total. The lowest BCUT2D eigenvalue weighted by Gasteiger charge is -2.30. The standard InChI is InChI=1S/C26H26ClN5O9/c1-2-25(39)15(11-40-26(21(34)35,22(36)37)10-14-6-4-3-5-7-14)41-20(17(25)33)32-13-29-16-18(28-12-24(38)8-9-24)30-23(27)31-19(16)32/h1,3-7,13,15,17,20,33,38-39H,8-12H2,(H,34,35)(H,36,37)(H,28,30,31)/t15-,17+,20-,25-/m1/s1. The van der Waals surface area contributed by atoms with E-state index in [1.807, 2.05) is 0 Å². The molecule has 1 aromatic carbocycles. The number of ether oxygens (including phenoxy) is 2. The van der Waals surface area contributed by atoms with E-state index in [9.17, 15) is 35.1 Å². The van der Waals surface area contributed by atoms with Gasteiger partial charge < -0.3 is 40.3 Å². The Hall–Kier alpha value is -3.84. The molecule has 2 aromatic heterocycles. The SMILES string of the molecule is C#C[C@@]1(O)[C@@H](COC(Cc2ccccc2)(C(=O)O)C(=O)O)O[C@@H](n2cnc3c(NCC4(O)CC4)nc(Cl)nc32)[C@@H]1O. The van der Waals surface area contributed by atoms with Crippen LogP contribution in [0.4, 0.5) is 5.82 Å². The molecule has 3 heterocycles. The van der Waals surface area contributed by atoms with Gasteiger partial charge in [0.25, 0.3) is 5.60 Å². The number of imidazole rings is 1. The number of rotatable bonds is 11. The zero-order valence-corrected chi connectivity index (χ0v) is 22.1. The topological polar surface area (TPSA) is 209 Å². The van der Waals surface area contributed by atoms with Crippen LogP contribution in [0.25, 0.3) is 11.2 Å². The van der Waals surface area contributed by atoms with Gasteiger partial charge in [0.2, 0.25) is 5.28 Å². The zero-order valence-electron chi connectivity index (χ0n) is 21.3. The van der Waals surface area contributed by atoms with Crippen molar-refractivity contribution in [3.05, 3.63) is 47.5 Å². The molecule has 1 aliphatic heterocycles. The first-order chi connectivity index (χ1) is 19.4. The third-order valence-electron chi connectivity index (χ3n) is 7.30. The average molecular weight is 588 g/mol. The van der Waals surface area contributed by atoms with Crippen molar-refractivity contribution in [1.29, 1.82) is 0 Å². The lowest BCUT2D eigenvalue weighted by Crippen LogP contribution is -2.55. The Morgan fingerprint density at radius 2 is 1.90 bits per heavy atom. The molecule has 1 saturated carbocycles. The minimum absolute atomic E-state index is 0.0924. The van der Waals surface area contributed by atoms with E-state index in [1.165, 1.54) is 10.9 Å². The highest BCUT2D eigenvalue weighted by atomic mass is 35.5. The molecule has 0 spiro atoms. The summed E-state index contributed by atoms with van der Waals surface area (Å²) >= 11 is 6.12. The Kier molecular flexibility index (Phi) is 7.36. The first kappa shape index (κ1) is 28.7. The van der Waals surface area contributed by atoms with Gasteiger partial charge in [-0.25, -0.2) is 14.6 Å². The third-order valence-corrected chi connectivity index (χ3v) is 7.46. The van der Waals surface area contributed by atoms with Crippen molar-refractivity contribution < 1.29 is 44.6 Å². The van der Waals surface area contributed by atoms with E-state index in [0.717, 1.165) is 0 Å². The van der Waals surface area contributed by atoms with Crippen LogP contribution in [-0.4, -0.2) is 99.2 Å². The van der Waals surface area contributed by atoms with Gasteiger partial charge in [0, 0.05) is 13.0 Å². The number of terminal acetylenes is 1. The Bertz CT molecular complexity index is 1510. The van der Waals surface area contributed by atoms with Crippen molar-refractivity contribution in [3.63, 3.8) is 0 Å². The molecule has 0 unspecified atom stereocenters. The normalized spacial score (nSPS) is 25.1. The van der Waals surface area contributed by atoms with Crippen LogP contribution in [0.3, 0.4) is 0 Å². The second-order valence-electron chi connectivity index (χ2n) is 10.1. The molecule has 15 heteroatoms. The highest BCUT2D eigenvalue weighted by Gasteiger charge is 2.58. The highest BCUT2D eigenvalue weighted by molar-refractivity contribution is 6.28. The molecule has 1 saturated heterocycles. The molecule has 3 aromatic rings. The molecule has 41 heavy (non-hydrogen) atoms. The maximum atomic E-state index is 12.2. The molecule has 0 bridgehead atoms. The Morgan fingerprint density at radius 3 is 2.51 bits per heavy atom. The average Bonchev–Trinajstić information content (AvgIpc) is 3.45. The number of nitrogens with one attached hydrogen (secondary N) is 1. The Morgan fingerprint density at radius 1 is 1.22 bits per heavy atom. The lowest BCUT2D eigenvalue weighted by atomic mass is 9.92. The summed E-state index contributed by atoms with van der Waals surface area (Å²) < 4.78 is 12.5. The largest absolute Gasteiger partial charge is 0.479 e. The summed E-state index contributed by atoms with van der Waals surface area (Å²) in [4.78, 5) is 36.9. The van der Waals surface area contributed by atoms with E-state index in [4.69, 9.17) is 27.5 Å². The first-order valence-corrected chi connectivity index (χ1v) is 12.8. The molecular formula is C26H26ClN5O9. The number of fused-ring (bicyclic) bond motifs is 1. The van der Waals surface area contributed by atoms with E-state index in [0.29, 0.717) is 18.4 Å². The Balaban J connectivity index is 1.42. The molecule has 6 N–H and O–H groups in total. The van der Waals surface area contributed by atoms with Gasteiger partial charge in [0.15, 0.2) is 28.8 Å². The molecule has 4 atom stereocenters. The minimum Gasteiger partial charge on any atom is -0.479 e. The molecule has 1 aliphatic carbocycles. The van der Waals surface area contributed by atoms with Crippen LogP contribution in [-0.2, 0) is 25.5 Å². The number of aromatic nitrogens is 4. The van der Waals surface area contributed by atoms with Crippen LogP contribution < -0.4 is 5.32 Å². The van der Waals surface area contributed by atoms with Crippen molar-refractivity contribution in [3.8, 4) is 12.3 Å². The number of aliphatic hydroxyl groups excluding tert-OH is 1. The number of hydrogen-bond donors (Lipinski definition) is 6. The van der Waals surface area contributed by atoms with Crippen LogP contribution in [0, 0.1) is 12.3 Å². The fourth-order valence-electron chi connectivity index (χ4n) is 4.60. The molecule has 216 valence electrons. The number of carboxylic acid groups (broad SMARTS) is 2. The fraction of sp³-hybridized carbons (Fsp3) is 0.423. The second kappa shape index (κ2) is 10.5. The van der Waals surface area contributed by atoms with E-state index < -0.39 is 60.2 Å². The van der Waals surface area contributed by atoms with Crippen LogP contribution >= 0.6 is 11.6 Å². The summed E-state index contributed by atoms with van der Waals surface area (Å²) in [5.41, 5.74) is -5.35. The molecule has 5 rings (SSSR count). The predicted molar refractivity (Wildman–Crippen MR) is 141 cm³/mol. The van der Waals surface area contributed by atoms with E-state index >= 15 is 0 Å². The number of carboxylic acids is 2. The van der Waals surface area contributed by atoms with Gasteiger partial charge in [-0.2, -0.15) is 9.97 Å². The molecule has 0 radical (unpaired) electrons. The maximum Gasteiger partial charge on any atom is 0.348 e. The molecular weight excluding hydrogens is 562 g/mol. The van der Waals surface area contributed by atoms with Gasteiger partial charge in [-0.1, -0.05) is 36.3 Å². The number of carbonyl (C=O) groups is 2. The van der Waals surface area contributed by atoms with Gasteiger partial charge >= 0.3 is 11.9 Å². The summed E-state index contributed by atoms with van der Waals surface area (Å²) in [7, 11) is 0. The number of hydrogen-bond acceptors (Lipinski definition) is 11. The number of benzene rings is 1. The molecule has 2 fully saturated rings.